The molecular formula is C24H24O7. The number of benzene rings is 2. The van der Waals surface area contributed by atoms with Gasteiger partial charge in [-0.2, -0.15) is 0 Å². The van der Waals surface area contributed by atoms with E-state index in [4.69, 9.17) is 0 Å². The van der Waals surface area contributed by atoms with Crippen LogP contribution in [-0.2, 0) is 36.8 Å². The van der Waals surface area contributed by atoms with E-state index < -0.39 is 23.9 Å². The van der Waals surface area contributed by atoms with Crippen LogP contribution in [-0.4, -0.2) is 34.1 Å². The number of hydrogen-bond donors (Lipinski definition) is 2. The molecule has 7 nitrogen and oxygen atoms in total. The Morgan fingerprint density at radius 1 is 0.742 bits per heavy atom. The van der Waals surface area contributed by atoms with Crippen LogP contribution in [0.1, 0.15) is 90.0 Å². The molecule has 2 N–H and O–H groups in total. The Morgan fingerprint density at radius 3 is 1.81 bits per heavy atom. The summed E-state index contributed by atoms with van der Waals surface area (Å²) in [5.74, 6) is -3.90. The molecule has 0 unspecified atom stereocenters. The molecular weight excluding hydrogens is 400 g/mol. The summed E-state index contributed by atoms with van der Waals surface area (Å²) in [6.45, 7) is 5.74. The van der Waals surface area contributed by atoms with Crippen LogP contribution in [0.3, 0.4) is 0 Å². The van der Waals surface area contributed by atoms with E-state index in [1.54, 1.807) is 12.1 Å². The molecule has 2 aromatic carbocycles. The number of esters is 2. The Hall–Kier alpha value is -3.48. The van der Waals surface area contributed by atoms with Crippen LogP contribution < -0.4 is 0 Å². The summed E-state index contributed by atoms with van der Waals surface area (Å²) in [6, 6.07) is 4.75. The van der Waals surface area contributed by atoms with Crippen molar-refractivity contribution in [2.24, 2.45) is 0 Å². The van der Waals surface area contributed by atoms with E-state index in [2.05, 4.69) is 4.74 Å². The first kappa shape index (κ1) is 22.2. The quantitative estimate of drug-likeness (QED) is 0.488. The zero-order valence-electron chi connectivity index (χ0n) is 17.7. The summed E-state index contributed by atoms with van der Waals surface area (Å²) in [4.78, 5) is 47.6. The molecule has 162 valence electrons. The first-order valence-corrected chi connectivity index (χ1v) is 10.3. The topological polar surface area (TPSA) is 118 Å². The summed E-state index contributed by atoms with van der Waals surface area (Å²) in [5.41, 5.74) is 3.90. The summed E-state index contributed by atoms with van der Waals surface area (Å²) < 4.78 is 4.69. The Labute approximate surface area is 179 Å². The molecule has 0 aromatic heterocycles. The second-order valence-electron chi connectivity index (χ2n) is 7.43. The number of carbonyl (C=O) groups is 4. The largest absolute Gasteiger partial charge is 0.478 e. The fourth-order valence-corrected chi connectivity index (χ4v) is 4.33. The summed E-state index contributed by atoms with van der Waals surface area (Å²) in [6.07, 6.45) is 2.48. The molecule has 1 heterocycles. The van der Waals surface area contributed by atoms with Crippen molar-refractivity contribution in [1.29, 1.82) is 0 Å². The Kier molecular flexibility index (Phi) is 6.24. The van der Waals surface area contributed by atoms with Gasteiger partial charge in [0.25, 0.3) is 0 Å². The fraction of sp³-hybridized carbons (Fsp3) is 0.333. The minimum atomic E-state index is -1.27. The number of aryl methyl sites for hydroxylation is 3. The molecule has 1 aliphatic heterocycles. The second kappa shape index (κ2) is 8.71. The van der Waals surface area contributed by atoms with E-state index >= 15 is 0 Å². The highest BCUT2D eigenvalue weighted by molar-refractivity contribution is 6.15. The van der Waals surface area contributed by atoms with Crippen LogP contribution in [0.2, 0.25) is 0 Å². The lowest BCUT2D eigenvalue weighted by molar-refractivity contribution is 0.0442. The van der Waals surface area contributed by atoms with Crippen molar-refractivity contribution in [1.82, 2.24) is 0 Å². The summed E-state index contributed by atoms with van der Waals surface area (Å²) in [5, 5.41) is 19.4. The molecule has 0 fully saturated rings. The third-order valence-electron chi connectivity index (χ3n) is 5.81. The minimum Gasteiger partial charge on any atom is -0.478 e. The van der Waals surface area contributed by atoms with E-state index in [9.17, 15) is 29.4 Å². The average Bonchev–Trinajstić information content (AvgIpc) is 3.02. The van der Waals surface area contributed by atoms with Crippen molar-refractivity contribution < 1.29 is 34.1 Å². The highest BCUT2D eigenvalue weighted by atomic mass is 16.6. The van der Waals surface area contributed by atoms with Gasteiger partial charge < -0.3 is 14.9 Å². The van der Waals surface area contributed by atoms with Gasteiger partial charge in [-0.05, 0) is 78.1 Å². The molecule has 0 bridgehead atoms. The molecule has 0 aliphatic carbocycles. The Bertz CT molecular complexity index is 1110. The number of ether oxygens (including phenoxy) is 1. The van der Waals surface area contributed by atoms with E-state index in [0.29, 0.717) is 37.7 Å². The van der Waals surface area contributed by atoms with Gasteiger partial charge in [-0.15, -0.1) is 0 Å². The standard InChI is InChI=1S/C24H24O7/c1-4-12-9-17-18(24(30)31-23(17)29)11-14(12)7-8-16-15(6-3)13(5-2)10-19(21(25)26)20(16)22(27)28/h9-11H,4-8H2,1-3H3,(H,25,26)(H,27,28). The van der Waals surface area contributed by atoms with E-state index in [-0.39, 0.29) is 22.3 Å². The monoisotopic (exact) mass is 424 g/mol. The smallest absolute Gasteiger partial charge is 0.346 e. The first-order valence-electron chi connectivity index (χ1n) is 10.3. The van der Waals surface area contributed by atoms with Crippen molar-refractivity contribution in [2.45, 2.75) is 52.9 Å². The van der Waals surface area contributed by atoms with E-state index in [1.165, 1.54) is 6.07 Å². The van der Waals surface area contributed by atoms with Gasteiger partial charge in [-0.25, -0.2) is 19.2 Å². The van der Waals surface area contributed by atoms with E-state index in [0.717, 1.165) is 22.3 Å². The first-order chi connectivity index (χ1) is 14.7. The van der Waals surface area contributed by atoms with Crippen LogP contribution in [0, 0.1) is 0 Å². The summed E-state index contributed by atoms with van der Waals surface area (Å²) in [7, 11) is 0. The van der Waals surface area contributed by atoms with Gasteiger partial charge in [0.05, 0.1) is 22.3 Å². The van der Waals surface area contributed by atoms with Crippen molar-refractivity contribution in [3.8, 4) is 0 Å². The summed E-state index contributed by atoms with van der Waals surface area (Å²) >= 11 is 0. The van der Waals surface area contributed by atoms with Gasteiger partial charge >= 0.3 is 23.9 Å². The maximum absolute atomic E-state index is 12.0. The third-order valence-corrected chi connectivity index (χ3v) is 5.81. The predicted octanol–water partition coefficient (Wildman–Crippen LogP) is 3.87. The zero-order valence-corrected chi connectivity index (χ0v) is 17.7. The lowest BCUT2D eigenvalue weighted by Gasteiger charge is -2.19. The number of hydrogen-bond acceptors (Lipinski definition) is 5. The highest BCUT2D eigenvalue weighted by Crippen LogP contribution is 2.29. The van der Waals surface area contributed by atoms with Gasteiger partial charge in [0.2, 0.25) is 0 Å². The second-order valence-corrected chi connectivity index (χ2v) is 7.43. The highest BCUT2D eigenvalue weighted by Gasteiger charge is 2.31. The van der Waals surface area contributed by atoms with Crippen LogP contribution in [0.5, 0.6) is 0 Å². The fourth-order valence-electron chi connectivity index (χ4n) is 4.33. The van der Waals surface area contributed by atoms with Crippen LogP contribution in [0.25, 0.3) is 0 Å². The van der Waals surface area contributed by atoms with Crippen molar-refractivity contribution in [3.63, 3.8) is 0 Å². The maximum Gasteiger partial charge on any atom is 0.346 e. The zero-order chi connectivity index (χ0) is 22.9. The molecule has 0 amide bonds. The molecule has 0 saturated carbocycles. The normalized spacial score (nSPS) is 12.6. The minimum absolute atomic E-state index is 0.185. The van der Waals surface area contributed by atoms with Crippen molar-refractivity contribution >= 4 is 23.9 Å². The van der Waals surface area contributed by atoms with Gasteiger partial charge in [-0.1, -0.05) is 20.8 Å². The number of carbonyl (C=O) groups excluding carboxylic acids is 2. The van der Waals surface area contributed by atoms with Crippen molar-refractivity contribution in [2.75, 3.05) is 0 Å². The lowest BCUT2D eigenvalue weighted by Crippen LogP contribution is -2.16. The van der Waals surface area contributed by atoms with Gasteiger partial charge in [0.1, 0.15) is 0 Å². The predicted molar refractivity (Wildman–Crippen MR) is 112 cm³/mol. The number of aromatic carboxylic acids is 2. The Balaban J connectivity index is 2.11. The lowest BCUT2D eigenvalue weighted by atomic mass is 9.85. The molecule has 3 rings (SSSR count). The Morgan fingerprint density at radius 2 is 1.32 bits per heavy atom. The molecule has 7 heteroatoms. The SMILES string of the molecule is CCc1cc2c(cc1CCc1c(CC)c(CC)cc(C(=O)O)c1C(=O)O)C(=O)OC2=O. The molecule has 0 atom stereocenters. The van der Waals surface area contributed by atoms with Crippen molar-refractivity contribution in [3.05, 3.63) is 68.3 Å². The van der Waals surface area contributed by atoms with Crippen LogP contribution in [0.15, 0.2) is 18.2 Å². The molecule has 0 saturated heterocycles. The molecule has 1 aliphatic rings. The van der Waals surface area contributed by atoms with Gasteiger partial charge in [0.15, 0.2) is 0 Å². The number of carboxylic acid groups (broad SMARTS) is 2. The van der Waals surface area contributed by atoms with Crippen LogP contribution >= 0.6 is 0 Å². The van der Waals surface area contributed by atoms with Gasteiger partial charge in [0, 0.05) is 0 Å². The molecule has 0 radical (unpaired) electrons. The third kappa shape index (κ3) is 3.95. The molecule has 2 aromatic rings. The maximum atomic E-state index is 12.0. The van der Waals surface area contributed by atoms with Crippen LogP contribution in [0.4, 0.5) is 0 Å². The number of fused-ring (bicyclic) bond motifs is 1. The number of rotatable bonds is 8. The number of carboxylic acids is 2. The van der Waals surface area contributed by atoms with E-state index in [1.807, 2.05) is 20.8 Å². The molecule has 0 spiro atoms. The van der Waals surface area contributed by atoms with Gasteiger partial charge in [-0.3, -0.25) is 0 Å². The molecule has 31 heavy (non-hydrogen) atoms. The average molecular weight is 424 g/mol. The number of cyclic esters (lactones) is 2.